The van der Waals surface area contributed by atoms with Crippen molar-refractivity contribution in [3.05, 3.63) is 52.9 Å². The molecule has 4 heteroatoms. The molecule has 0 aromatic heterocycles. The third kappa shape index (κ3) is 5.95. The van der Waals surface area contributed by atoms with Crippen molar-refractivity contribution >= 4 is 0 Å². The van der Waals surface area contributed by atoms with Gasteiger partial charge in [-0.2, -0.15) is 0 Å². The zero-order valence-electron chi connectivity index (χ0n) is 30.4. The average Bonchev–Trinajstić information content (AvgIpc) is 2.84. The maximum atomic E-state index is 10.4. The standard InChI is InChI=1S/C22H30O4/c1-16-9-11-20(13-17(16)2)26-15-19(23)8-6-5-7-18-10-12-21(24-3)22(14-18)25-4/h9-14,19,23H,5-8,15H2,1-4H3/i3D3,4D3,5D2,7D2,9D,10D,11D,12D,13D,14D. The SMILES string of the molecule is [2H]c1c([2H])c(OCC(O)CCC([2H])([2H])C([2H])([2H])c2c([2H])c([2H])c(OC([2H])([2H])[2H])c(OC([2H])([2H])[2H])c2[2H])c([2H])c(C)c1C. The highest BCUT2D eigenvalue weighted by Gasteiger charge is 2.07. The topological polar surface area (TPSA) is 47.9 Å². The second-order valence-corrected chi connectivity index (χ2v) is 5.37. The van der Waals surface area contributed by atoms with Gasteiger partial charge < -0.3 is 19.3 Å². The van der Waals surface area contributed by atoms with Crippen molar-refractivity contribution in [2.24, 2.45) is 0 Å². The first-order valence-electron chi connectivity index (χ1n) is 15.7. The first-order valence-corrected chi connectivity index (χ1v) is 7.74. The molecule has 1 unspecified atom stereocenters. The van der Waals surface area contributed by atoms with Crippen LogP contribution >= 0.6 is 0 Å². The summed E-state index contributed by atoms with van der Waals surface area (Å²) in [5.41, 5.74) is -0.290. The van der Waals surface area contributed by atoms with Crippen LogP contribution in [0.3, 0.4) is 0 Å². The summed E-state index contributed by atoms with van der Waals surface area (Å²) in [6.45, 7) is 2.60. The number of benzene rings is 2. The van der Waals surface area contributed by atoms with E-state index in [-0.39, 0.29) is 23.9 Å². The van der Waals surface area contributed by atoms with E-state index < -0.39 is 87.6 Å². The van der Waals surface area contributed by atoms with Crippen LogP contribution < -0.4 is 14.2 Å². The fourth-order valence-electron chi connectivity index (χ4n) is 1.85. The third-order valence-electron chi connectivity index (χ3n) is 3.41. The van der Waals surface area contributed by atoms with Gasteiger partial charge in [0.25, 0.3) is 0 Å². The van der Waals surface area contributed by atoms with E-state index in [1.165, 1.54) is 0 Å². The Hall–Kier alpha value is -2.20. The van der Waals surface area contributed by atoms with E-state index in [0.717, 1.165) is 0 Å². The molecule has 142 valence electrons. The molecule has 2 rings (SSSR count). The smallest absolute Gasteiger partial charge is 0.160 e. The quantitative estimate of drug-likeness (QED) is 0.666. The second kappa shape index (κ2) is 10.1. The second-order valence-electron chi connectivity index (χ2n) is 5.37. The summed E-state index contributed by atoms with van der Waals surface area (Å²) >= 11 is 0. The van der Waals surface area contributed by atoms with Crippen molar-refractivity contribution in [1.29, 1.82) is 0 Å². The molecule has 1 atom stereocenters. The fraction of sp³-hybridized carbons (Fsp3) is 0.455. The first-order chi connectivity index (χ1) is 18.8. The van der Waals surface area contributed by atoms with Gasteiger partial charge in [-0.05, 0) is 73.9 Å². The van der Waals surface area contributed by atoms with Crippen LogP contribution in [0.25, 0.3) is 0 Å². The Kier molecular flexibility index (Phi) is 2.88. The summed E-state index contributed by atoms with van der Waals surface area (Å²) in [6, 6.07) is -4.20. The fourth-order valence-corrected chi connectivity index (χ4v) is 1.85. The molecule has 0 aliphatic rings. The van der Waals surface area contributed by atoms with E-state index in [2.05, 4.69) is 9.47 Å². The van der Waals surface area contributed by atoms with Crippen LogP contribution in [0.2, 0.25) is 0 Å². The zero-order valence-corrected chi connectivity index (χ0v) is 14.4. The minimum Gasteiger partial charge on any atom is -0.493 e. The largest absolute Gasteiger partial charge is 0.493 e. The maximum Gasteiger partial charge on any atom is 0.160 e. The van der Waals surface area contributed by atoms with Crippen molar-refractivity contribution in [3.8, 4) is 17.2 Å². The summed E-state index contributed by atoms with van der Waals surface area (Å²) in [4.78, 5) is 0. The van der Waals surface area contributed by atoms with Crippen molar-refractivity contribution in [2.45, 2.75) is 45.5 Å². The lowest BCUT2D eigenvalue weighted by molar-refractivity contribution is 0.0976. The van der Waals surface area contributed by atoms with Crippen molar-refractivity contribution in [3.63, 3.8) is 0 Å². The van der Waals surface area contributed by atoms with Gasteiger partial charge in [-0.25, -0.2) is 0 Å². The van der Waals surface area contributed by atoms with Crippen LogP contribution in [0.5, 0.6) is 17.2 Å². The highest BCUT2D eigenvalue weighted by molar-refractivity contribution is 5.42. The molecule has 0 fully saturated rings. The molecule has 2 aromatic carbocycles. The number of hydrogen-bond acceptors (Lipinski definition) is 4. The zero-order chi connectivity index (χ0) is 32.7. The van der Waals surface area contributed by atoms with E-state index in [0.29, 0.717) is 11.1 Å². The number of aliphatic hydroxyl groups excluding tert-OH is 1. The van der Waals surface area contributed by atoms with Gasteiger partial charge in [0.2, 0.25) is 0 Å². The van der Waals surface area contributed by atoms with Gasteiger partial charge in [0.05, 0.1) is 36.6 Å². The molecule has 2 aromatic rings. The predicted molar refractivity (Wildman–Crippen MR) is 105 cm³/mol. The van der Waals surface area contributed by atoms with Gasteiger partial charge in [-0.3, -0.25) is 0 Å². The number of rotatable bonds is 10. The Labute approximate surface area is 179 Å². The molecule has 1 N–H and O–H groups in total. The van der Waals surface area contributed by atoms with Crippen LogP contribution in [-0.4, -0.2) is 31.9 Å². The Morgan fingerprint density at radius 2 is 1.88 bits per heavy atom. The lowest BCUT2D eigenvalue weighted by Gasteiger charge is -2.13. The van der Waals surface area contributed by atoms with E-state index in [9.17, 15) is 5.11 Å². The van der Waals surface area contributed by atoms with Gasteiger partial charge in [0.1, 0.15) is 12.4 Å². The molecule has 0 spiro atoms. The molecule has 0 bridgehead atoms. The predicted octanol–water partition coefficient (Wildman–Crippen LogP) is 4.47. The minimum absolute atomic E-state index is 0.162. The molecule has 4 nitrogen and oxygen atoms in total. The van der Waals surface area contributed by atoms with Gasteiger partial charge in [0.15, 0.2) is 11.5 Å². The Morgan fingerprint density at radius 3 is 2.69 bits per heavy atom. The van der Waals surface area contributed by atoms with Crippen molar-refractivity contribution in [2.75, 3.05) is 20.7 Å². The highest BCUT2D eigenvalue weighted by Crippen LogP contribution is 2.28. The molecule has 0 saturated carbocycles. The first kappa shape index (κ1) is 7.43. The van der Waals surface area contributed by atoms with Crippen molar-refractivity contribution < 1.29 is 41.2 Å². The van der Waals surface area contributed by atoms with E-state index in [1.807, 2.05) is 0 Å². The Morgan fingerprint density at radius 1 is 1.08 bits per heavy atom. The van der Waals surface area contributed by atoms with Gasteiger partial charge in [-0.1, -0.05) is 18.5 Å². The summed E-state index contributed by atoms with van der Waals surface area (Å²) in [7, 11) is -6.59. The maximum absolute atomic E-state index is 10.4. The summed E-state index contributed by atoms with van der Waals surface area (Å²) < 4.78 is 141. The van der Waals surface area contributed by atoms with Crippen LogP contribution in [0.4, 0.5) is 0 Å². The summed E-state index contributed by atoms with van der Waals surface area (Å²) in [5.74, 6) is -2.57. The molecule has 0 aliphatic carbocycles. The van der Waals surface area contributed by atoms with Crippen LogP contribution in [0.1, 0.15) is 57.8 Å². The number of methoxy groups -OCH3 is 2. The normalized spacial score (nSPS) is 22.9. The van der Waals surface area contributed by atoms with Crippen LogP contribution in [-0.2, 0) is 6.37 Å². The summed E-state index contributed by atoms with van der Waals surface area (Å²) in [5, 5.41) is 10.4. The Bertz CT molecular complexity index is 1290. The molecule has 0 aliphatic heterocycles. The minimum atomic E-state index is -3.32. The highest BCUT2D eigenvalue weighted by atomic mass is 16.5. The van der Waals surface area contributed by atoms with Gasteiger partial charge >= 0.3 is 0 Å². The van der Waals surface area contributed by atoms with E-state index in [1.54, 1.807) is 13.8 Å². The van der Waals surface area contributed by atoms with E-state index >= 15 is 0 Å². The third-order valence-corrected chi connectivity index (χ3v) is 3.41. The molecule has 0 saturated heterocycles. The molecular formula is C22H30O4. The number of hydrogen-bond donors (Lipinski definition) is 1. The van der Waals surface area contributed by atoms with Gasteiger partial charge in [-0.15, -0.1) is 0 Å². The summed E-state index contributed by atoms with van der Waals surface area (Å²) in [6.07, 6.45) is -8.91. The van der Waals surface area contributed by atoms with Crippen LogP contribution in [0, 0.1) is 13.8 Å². The molecular weight excluding hydrogens is 328 g/mol. The van der Waals surface area contributed by atoms with Gasteiger partial charge in [0, 0.05) is 5.48 Å². The average molecular weight is 375 g/mol. The number of aliphatic hydroxyl groups is 1. The number of ether oxygens (including phenoxy) is 3. The molecule has 0 amide bonds. The van der Waals surface area contributed by atoms with Crippen LogP contribution in [0.15, 0.2) is 36.3 Å². The lowest BCUT2D eigenvalue weighted by atomic mass is 10.0. The lowest BCUT2D eigenvalue weighted by Crippen LogP contribution is -2.17. The molecule has 0 radical (unpaired) electrons. The van der Waals surface area contributed by atoms with Crippen molar-refractivity contribution in [1.82, 2.24) is 0 Å². The molecule has 26 heavy (non-hydrogen) atoms. The Balaban J connectivity index is 2.40. The monoisotopic (exact) mass is 374 g/mol. The molecule has 0 heterocycles. The van der Waals surface area contributed by atoms with E-state index in [4.69, 9.17) is 26.7 Å².